The number of carbonyl (C=O) groups is 1. The summed E-state index contributed by atoms with van der Waals surface area (Å²) in [5.74, 6) is -0.0850. The number of nitrogens with one attached hydrogen (secondary N) is 1. The first-order valence-electron chi connectivity index (χ1n) is 5.68. The van der Waals surface area contributed by atoms with E-state index in [1.165, 1.54) is 11.3 Å². The summed E-state index contributed by atoms with van der Waals surface area (Å²) >= 11 is 1.38. The van der Waals surface area contributed by atoms with Crippen molar-refractivity contribution in [1.29, 1.82) is 0 Å². The highest BCUT2D eigenvalue weighted by Gasteiger charge is 2.10. The molecule has 0 fully saturated rings. The van der Waals surface area contributed by atoms with Crippen molar-refractivity contribution in [2.24, 2.45) is 0 Å². The fourth-order valence-electron chi connectivity index (χ4n) is 1.70. The number of hydrogen-bond donors (Lipinski definition) is 2. The number of nitrogens with zero attached hydrogens (tertiary/aromatic N) is 1. The molecular formula is C13H15N3OS. The molecule has 1 amide bonds. The summed E-state index contributed by atoms with van der Waals surface area (Å²) in [5.41, 5.74) is 7.09. The lowest BCUT2D eigenvalue weighted by molar-refractivity contribution is 0.0940. The normalized spacial score (nSPS) is 12.3. The van der Waals surface area contributed by atoms with Gasteiger partial charge in [-0.25, -0.2) is 4.98 Å². The Balaban J connectivity index is 2.19. The maximum absolute atomic E-state index is 12.0. The van der Waals surface area contributed by atoms with Gasteiger partial charge in [0.15, 0.2) is 5.13 Å². The fourth-order valence-corrected chi connectivity index (χ4v) is 2.47. The molecular weight excluding hydrogens is 246 g/mol. The van der Waals surface area contributed by atoms with Gasteiger partial charge in [0.25, 0.3) is 5.91 Å². The van der Waals surface area contributed by atoms with Gasteiger partial charge in [0.05, 0.1) is 10.2 Å². The number of hydrogen-bond acceptors (Lipinski definition) is 4. The van der Waals surface area contributed by atoms with Crippen LogP contribution < -0.4 is 11.1 Å². The van der Waals surface area contributed by atoms with Gasteiger partial charge in [0.1, 0.15) is 0 Å². The molecule has 0 saturated carbocycles. The molecule has 0 spiro atoms. The predicted molar refractivity (Wildman–Crippen MR) is 75.8 cm³/mol. The van der Waals surface area contributed by atoms with E-state index in [0.717, 1.165) is 16.6 Å². The second kappa shape index (κ2) is 5.18. The third kappa shape index (κ3) is 2.68. The van der Waals surface area contributed by atoms with Crippen molar-refractivity contribution >= 4 is 32.6 Å². The lowest BCUT2D eigenvalue weighted by Gasteiger charge is -2.11. The van der Waals surface area contributed by atoms with Crippen LogP contribution in [0.15, 0.2) is 30.9 Å². The zero-order chi connectivity index (χ0) is 13.1. The average Bonchev–Trinajstić information content (AvgIpc) is 2.68. The molecule has 1 unspecified atom stereocenters. The number of thiazole rings is 1. The first-order valence-corrected chi connectivity index (χ1v) is 6.49. The highest BCUT2D eigenvalue weighted by atomic mass is 32.1. The van der Waals surface area contributed by atoms with Crippen LogP contribution in [0.25, 0.3) is 10.2 Å². The second-order valence-corrected chi connectivity index (χ2v) is 5.20. The molecule has 0 aliphatic heterocycles. The molecule has 1 aromatic heterocycles. The van der Waals surface area contributed by atoms with E-state index >= 15 is 0 Å². The van der Waals surface area contributed by atoms with Crippen LogP contribution in [0.1, 0.15) is 23.7 Å². The Bertz CT molecular complexity index is 591. The average molecular weight is 261 g/mol. The molecule has 0 saturated heterocycles. The molecule has 0 aliphatic rings. The first kappa shape index (κ1) is 12.6. The number of nitrogens with two attached hydrogens (primary N) is 1. The van der Waals surface area contributed by atoms with Gasteiger partial charge in [-0.15, -0.1) is 6.58 Å². The third-order valence-electron chi connectivity index (χ3n) is 2.56. The zero-order valence-electron chi connectivity index (χ0n) is 10.1. The van der Waals surface area contributed by atoms with E-state index in [1.54, 1.807) is 12.1 Å². The maximum atomic E-state index is 12.0. The number of anilines is 1. The van der Waals surface area contributed by atoms with E-state index in [2.05, 4.69) is 16.9 Å². The number of nitrogen functional groups attached to an aromatic ring is 1. The van der Waals surface area contributed by atoms with Crippen LogP contribution in [0.4, 0.5) is 5.13 Å². The Morgan fingerprint density at radius 1 is 1.67 bits per heavy atom. The number of amides is 1. The molecule has 18 heavy (non-hydrogen) atoms. The third-order valence-corrected chi connectivity index (χ3v) is 3.41. The molecule has 2 rings (SSSR count). The van der Waals surface area contributed by atoms with Crippen LogP contribution in [0.5, 0.6) is 0 Å². The van der Waals surface area contributed by atoms with E-state index in [0.29, 0.717) is 10.7 Å². The van der Waals surface area contributed by atoms with Gasteiger partial charge >= 0.3 is 0 Å². The fraction of sp³-hybridized carbons (Fsp3) is 0.231. The topological polar surface area (TPSA) is 68.0 Å². The van der Waals surface area contributed by atoms with Gasteiger partial charge in [-0.1, -0.05) is 17.4 Å². The van der Waals surface area contributed by atoms with E-state index in [1.807, 2.05) is 19.1 Å². The summed E-state index contributed by atoms with van der Waals surface area (Å²) in [4.78, 5) is 16.1. The molecule has 4 nitrogen and oxygen atoms in total. The summed E-state index contributed by atoms with van der Waals surface area (Å²) in [6, 6.07) is 5.48. The Kier molecular flexibility index (Phi) is 3.62. The van der Waals surface area contributed by atoms with Crippen LogP contribution >= 0.6 is 11.3 Å². The highest BCUT2D eigenvalue weighted by molar-refractivity contribution is 7.22. The van der Waals surface area contributed by atoms with E-state index in [9.17, 15) is 4.79 Å². The lowest BCUT2D eigenvalue weighted by atomic mass is 10.1. The van der Waals surface area contributed by atoms with Crippen molar-refractivity contribution in [3.05, 3.63) is 36.4 Å². The Morgan fingerprint density at radius 2 is 2.44 bits per heavy atom. The minimum atomic E-state index is -0.0850. The number of benzene rings is 1. The van der Waals surface area contributed by atoms with Crippen molar-refractivity contribution in [2.45, 2.75) is 19.4 Å². The van der Waals surface area contributed by atoms with E-state index in [-0.39, 0.29) is 11.9 Å². The zero-order valence-corrected chi connectivity index (χ0v) is 11.0. The Morgan fingerprint density at radius 3 is 3.17 bits per heavy atom. The van der Waals surface area contributed by atoms with Gasteiger partial charge in [0, 0.05) is 11.6 Å². The van der Waals surface area contributed by atoms with Crippen molar-refractivity contribution in [2.75, 3.05) is 5.73 Å². The highest BCUT2D eigenvalue weighted by Crippen LogP contribution is 2.24. The van der Waals surface area contributed by atoms with Crippen LogP contribution in [-0.4, -0.2) is 16.9 Å². The first-order chi connectivity index (χ1) is 8.60. The summed E-state index contributed by atoms with van der Waals surface area (Å²) in [6.45, 7) is 5.60. The van der Waals surface area contributed by atoms with Gasteiger partial charge in [-0.3, -0.25) is 4.79 Å². The molecule has 1 aromatic carbocycles. The largest absolute Gasteiger partial charge is 0.375 e. The summed E-state index contributed by atoms with van der Waals surface area (Å²) < 4.78 is 0.927. The summed E-state index contributed by atoms with van der Waals surface area (Å²) in [5, 5.41) is 3.43. The van der Waals surface area contributed by atoms with Gasteiger partial charge < -0.3 is 11.1 Å². The SMILES string of the molecule is C=CCC(C)NC(=O)c1ccc2nc(N)sc2c1. The smallest absolute Gasteiger partial charge is 0.251 e. The number of carbonyl (C=O) groups excluding carboxylic acids is 1. The number of fused-ring (bicyclic) bond motifs is 1. The van der Waals surface area contributed by atoms with Crippen LogP contribution in [0.3, 0.4) is 0 Å². The molecule has 1 heterocycles. The van der Waals surface area contributed by atoms with Crippen molar-refractivity contribution < 1.29 is 4.79 Å². The summed E-state index contributed by atoms with van der Waals surface area (Å²) in [6.07, 6.45) is 2.54. The predicted octanol–water partition coefficient (Wildman–Crippen LogP) is 2.57. The molecule has 0 radical (unpaired) electrons. The van der Waals surface area contributed by atoms with Gasteiger partial charge in [-0.05, 0) is 31.5 Å². The molecule has 0 aliphatic carbocycles. The summed E-state index contributed by atoms with van der Waals surface area (Å²) in [7, 11) is 0. The molecule has 94 valence electrons. The quantitative estimate of drug-likeness (QED) is 0.831. The minimum absolute atomic E-state index is 0.0808. The second-order valence-electron chi connectivity index (χ2n) is 4.13. The minimum Gasteiger partial charge on any atom is -0.375 e. The van der Waals surface area contributed by atoms with Crippen molar-refractivity contribution in [1.82, 2.24) is 10.3 Å². The Labute approximate surface area is 110 Å². The van der Waals surface area contributed by atoms with E-state index < -0.39 is 0 Å². The monoisotopic (exact) mass is 261 g/mol. The molecule has 5 heteroatoms. The number of aromatic nitrogens is 1. The number of rotatable bonds is 4. The Hall–Kier alpha value is -1.88. The van der Waals surface area contributed by atoms with Crippen LogP contribution in [0.2, 0.25) is 0 Å². The molecule has 2 aromatic rings. The standard InChI is InChI=1S/C13H15N3OS/c1-3-4-8(2)15-12(17)9-5-6-10-11(7-9)18-13(14)16-10/h3,5-8H,1,4H2,2H3,(H2,14,16)(H,15,17). The molecule has 3 N–H and O–H groups in total. The molecule has 0 bridgehead atoms. The van der Waals surface area contributed by atoms with Crippen LogP contribution in [-0.2, 0) is 0 Å². The lowest BCUT2D eigenvalue weighted by Crippen LogP contribution is -2.31. The van der Waals surface area contributed by atoms with Crippen molar-refractivity contribution in [3.63, 3.8) is 0 Å². The van der Waals surface area contributed by atoms with Crippen LogP contribution in [0, 0.1) is 0 Å². The maximum Gasteiger partial charge on any atom is 0.251 e. The van der Waals surface area contributed by atoms with Gasteiger partial charge in [-0.2, -0.15) is 0 Å². The van der Waals surface area contributed by atoms with E-state index in [4.69, 9.17) is 5.73 Å². The molecule has 1 atom stereocenters. The van der Waals surface area contributed by atoms with Gasteiger partial charge in [0.2, 0.25) is 0 Å². The van der Waals surface area contributed by atoms with Crippen molar-refractivity contribution in [3.8, 4) is 0 Å².